The summed E-state index contributed by atoms with van der Waals surface area (Å²) >= 11 is 0. The number of β-amino-alcohol motifs (C(OH)–C–C–N with tert-alkyl or cyclic N) is 1. The smallest absolute Gasteiger partial charge is 0.189 e. The van der Waals surface area contributed by atoms with Gasteiger partial charge in [0.25, 0.3) is 0 Å². The van der Waals surface area contributed by atoms with Crippen LogP contribution in [0.2, 0.25) is 0 Å². The first-order valence-corrected chi connectivity index (χ1v) is 9.62. The Morgan fingerprint density at radius 3 is 2.52 bits per heavy atom. The number of rotatable bonds is 8. The third-order valence-electron chi connectivity index (χ3n) is 4.73. The van der Waals surface area contributed by atoms with Gasteiger partial charge in [-0.2, -0.15) is 0 Å². The summed E-state index contributed by atoms with van der Waals surface area (Å²) in [6.07, 6.45) is 6.45. The molecule has 0 radical (unpaired) electrons. The van der Waals surface area contributed by atoms with E-state index in [0.717, 1.165) is 18.7 Å². The van der Waals surface area contributed by atoms with Crippen molar-refractivity contribution < 1.29 is 14.6 Å². The number of ketones is 1. The van der Waals surface area contributed by atoms with Crippen molar-refractivity contribution in [3.63, 3.8) is 0 Å². The number of carbonyl (C=O) groups excluding carboxylic acids is 1. The minimum absolute atomic E-state index is 0.111. The van der Waals surface area contributed by atoms with Crippen molar-refractivity contribution in [2.45, 2.75) is 25.4 Å². The van der Waals surface area contributed by atoms with Gasteiger partial charge in [-0.15, -0.1) is 0 Å². The Kier molecular flexibility index (Phi) is 7.19. The molecule has 1 atom stereocenters. The lowest BCUT2D eigenvalue weighted by Crippen LogP contribution is -2.38. The number of nitrogens with zero attached hydrogens (tertiary/aromatic N) is 1. The van der Waals surface area contributed by atoms with Crippen LogP contribution >= 0.6 is 0 Å². The van der Waals surface area contributed by atoms with E-state index >= 15 is 0 Å². The molecule has 0 aromatic heterocycles. The number of carbonyl (C=O) groups is 1. The lowest BCUT2D eigenvalue weighted by atomic mass is 10.1. The van der Waals surface area contributed by atoms with E-state index in [9.17, 15) is 9.90 Å². The maximum absolute atomic E-state index is 12.6. The Morgan fingerprint density at radius 2 is 1.74 bits per heavy atom. The molecule has 1 unspecified atom stereocenters. The molecule has 1 saturated heterocycles. The van der Waals surface area contributed by atoms with Crippen LogP contribution in [0.5, 0.6) is 5.75 Å². The molecular weight excluding hydrogens is 338 g/mol. The first-order valence-electron chi connectivity index (χ1n) is 9.62. The molecule has 0 bridgehead atoms. The monoisotopic (exact) mass is 365 g/mol. The van der Waals surface area contributed by atoms with Crippen LogP contribution in [0.25, 0.3) is 6.08 Å². The Labute approximate surface area is 161 Å². The second-order valence-electron chi connectivity index (χ2n) is 6.93. The maximum atomic E-state index is 12.6. The molecule has 1 heterocycles. The van der Waals surface area contributed by atoms with Crippen molar-refractivity contribution in [2.75, 3.05) is 26.2 Å². The van der Waals surface area contributed by atoms with E-state index in [-0.39, 0.29) is 12.4 Å². The Hall–Kier alpha value is -2.43. The van der Waals surface area contributed by atoms with Gasteiger partial charge in [-0.25, -0.2) is 0 Å². The summed E-state index contributed by atoms with van der Waals surface area (Å²) in [5, 5.41) is 10.3. The highest BCUT2D eigenvalue weighted by Gasteiger charge is 2.16. The van der Waals surface area contributed by atoms with Crippen LogP contribution in [-0.4, -0.2) is 48.1 Å². The molecule has 1 fully saturated rings. The topological polar surface area (TPSA) is 49.8 Å². The SMILES string of the molecule is O=C(/C=C/c1ccccc1)c1ccccc1OCC(O)CN1CCCCC1. The van der Waals surface area contributed by atoms with E-state index in [1.54, 1.807) is 24.3 Å². The molecule has 4 heteroatoms. The number of benzene rings is 2. The summed E-state index contributed by atoms with van der Waals surface area (Å²) in [5.74, 6) is 0.401. The molecule has 142 valence electrons. The fourth-order valence-corrected chi connectivity index (χ4v) is 3.30. The van der Waals surface area contributed by atoms with Crippen LogP contribution in [-0.2, 0) is 0 Å². The molecule has 1 aliphatic heterocycles. The van der Waals surface area contributed by atoms with Gasteiger partial charge >= 0.3 is 0 Å². The molecule has 2 aromatic carbocycles. The number of hydrogen-bond donors (Lipinski definition) is 1. The van der Waals surface area contributed by atoms with Crippen LogP contribution in [0, 0.1) is 0 Å². The van der Waals surface area contributed by atoms with E-state index in [1.165, 1.54) is 19.3 Å². The van der Waals surface area contributed by atoms with Gasteiger partial charge in [-0.3, -0.25) is 4.79 Å². The molecule has 0 saturated carbocycles. The van der Waals surface area contributed by atoms with Crippen LogP contribution < -0.4 is 4.74 Å². The number of likely N-dealkylation sites (tertiary alicyclic amines) is 1. The minimum Gasteiger partial charge on any atom is -0.490 e. The normalized spacial score (nSPS) is 16.3. The largest absolute Gasteiger partial charge is 0.490 e. The summed E-state index contributed by atoms with van der Waals surface area (Å²) < 4.78 is 5.78. The highest BCUT2D eigenvalue weighted by molar-refractivity contribution is 6.08. The fraction of sp³-hybridized carbons (Fsp3) is 0.348. The Morgan fingerprint density at radius 1 is 1.04 bits per heavy atom. The third kappa shape index (κ3) is 6.05. The Bertz CT molecular complexity index is 751. The van der Waals surface area contributed by atoms with Crippen molar-refractivity contribution in [1.82, 2.24) is 4.90 Å². The zero-order chi connectivity index (χ0) is 18.9. The number of ether oxygens (including phenoxy) is 1. The summed E-state index contributed by atoms with van der Waals surface area (Å²) in [6, 6.07) is 16.9. The zero-order valence-corrected chi connectivity index (χ0v) is 15.6. The quantitative estimate of drug-likeness (QED) is 0.571. The Balaban J connectivity index is 1.58. The number of aliphatic hydroxyl groups is 1. The predicted octanol–water partition coefficient (Wildman–Crippen LogP) is 3.81. The van der Waals surface area contributed by atoms with Crippen molar-refractivity contribution in [1.29, 1.82) is 0 Å². The average Bonchev–Trinajstić information content (AvgIpc) is 2.72. The van der Waals surface area contributed by atoms with Crippen LogP contribution in [0.4, 0.5) is 0 Å². The molecular formula is C23H27NO3. The fourth-order valence-electron chi connectivity index (χ4n) is 3.30. The van der Waals surface area contributed by atoms with Gasteiger partial charge in [0.15, 0.2) is 5.78 Å². The highest BCUT2D eigenvalue weighted by atomic mass is 16.5. The van der Waals surface area contributed by atoms with Gasteiger partial charge in [0.1, 0.15) is 18.5 Å². The average molecular weight is 365 g/mol. The highest BCUT2D eigenvalue weighted by Crippen LogP contribution is 2.20. The van der Waals surface area contributed by atoms with Crippen LogP contribution in [0.1, 0.15) is 35.2 Å². The first kappa shape index (κ1) is 19.3. The molecule has 1 aliphatic rings. The van der Waals surface area contributed by atoms with Gasteiger partial charge in [0.2, 0.25) is 0 Å². The van der Waals surface area contributed by atoms with Gasteiger partial charge < -0.3 is 14.7 Å². The number of allylic oxidation sites excluding steroid dienone is 1. The van der Waals surface area contributed by atoms with Crippen molar-refractivity contribution >= 4 is 11.9 Å². The van der Waals surface area contributed by atoms with Crippen molar-refractivity contribution in [3.8, 4) is 5.75 Å². The molecule has 3 rings (SSSR count). The lowest BCUT2D eigenvalue weighted by molar-refractivity contribution is 0.0612. The van der Waals surface area contributed by atoms with Gasteiger partial charge in [0.05, 0.1) is 5.56 Å². The van der Waals surface area contributed by atoms with E-state index < -0.39 is 6.10 Å². The van der Waals surface area contributed by atoms with E-state index in [1.807, 2.05) is 42.5 Å². The number of hydrogen-bond acceptors (Lipinski definition) is 4. The van der Waals surface area contributed by atoms with E-state index in [0.29, 0.717) is 17.9 Å². The van der Waals surface area contributed by atoms with Crippen LogP contribution in [0.3, 0.4) is 0 Å². The molecule has 0 spiro atoms. The summed E-state index contributed by atoms with van der Waals surface area (Å²) in [4.78, 5) is 14.8. The molecule has 0 amide bonds. The maximum Gasteiger partial charge on any atom is 0.189 e. The summed E-state index contributed by atoms with van der Waals surface area (Å²) in [5.41, 5.74) is 1.48. The second-order valence-corrected chi connectivity index (χ2v) is 6.93. The zero-order valence-electron chi connectivity index (χ0n) is 15.6. The molecule has 4 nitrogen and oxygen atoms in total. The second kappa shape index (κ2) is 10.0. The lowest BCUT2D eigenvalue weighted by Gasteiger charge is -2.28. The van der Waals surface area contributed by atoms with Gasteiger partial charge in [-0.05, 0) is 49.7 Å². The summed E-state index contributed by atoms with van der Waals surface area (Å²) in [6.45, 7) is 2.88. The van der Waals surface area contributed by atoms with E-state index in [2.05, 4.69) is 4.90 Å². The summed E-state index contributed by atoms with van der Waals surface area (Å²) in [7, 11) is 0. The molecule has 2 aromatic rings. The number of para-hydroxylation sites is 1. The predicted molar refractivity (Wildman–Crippen MR) is 108 cm³/mol. The first-order chi connectivity index (χ1) is 13.2. The molecule has 1 N–H and O–H groups in total. The van der Waals surface area contributed by atoms with Crippen molar-refractivity contribution in [3.05, 3.63) is 71.8 Å². The van der Waals surface area contributed by atoms with Crippen molar-refractivity contribution in [2.24, 2.45) is 0 Å². The standard InChI is InChI=1S/C23H27NO3/c25-20(17-24-15-7-2-8-16-24)18-27-23-12-6-5-11-21(23)22(26)14-13-19-9-3-1-4-10-19/h1,3-6,9-14,20,25H,2,7-8,15-18H2/b14-13+. The molecule has 0 aliphatic carbocycles. The molecule has 27 heavy (non-hydrogen) atoms. The number of piperidine rings is 1. The number of aliphatic hydroxyl groups excluding tert-OH is 1. The van der Waals surface area contributed by atoms with E-state index in [4.69, 9.17) is 4.74 Å². The van der Waals surface area contributed by atoms with Crippen LogP contribution in [0.15, 0.2) is 60.7 Å². The minimum atomic E-state index is -0.564. The van der Waals surface area contributed by atoms with Gasteiger partial charge in [0, 0.05) is 6.54 Å². The third-order valence-corrected chi connectivity index (χ3v) is 4.73. The van der Waals surface area contributed by atoms with Gasteiger partial charge in [-0.1, -0.05) is 55.0 Å².